The van der Waals surface area contributed by atoms with Crippen LogP contribution in [-0.2, 0) is 39.2 Å². The number of nitrogens with one attached hydrogen (secondary N) is 3. The number of carbonyl (C=O) groups excluding carboxylic acids is 4. The van der Waals surface area contributed by atoms with Crippen molar-refractivity contribution in [3.63, 3.8) is 0 Å². The molecule has 0 fully saturated rings. The molecule has 0 aliphatic rings. The average Bonchev–Trinajstić information content (AvgIpc) is 3.25. The zero-order valence-corrected chi connectivity index (χ0v) is 20.9. The topological polar surface area (TPSA) is 119 Å². The second-order valence-corrected chi connectivity index (χ2v) is 8.84. The molecule has 2 atom stereocenters. The van der Waals surface area contributed by atoms with Gasteiger partial charge in [0.1, 0.15) is 12.6 Å². The van der Waals surface area contributed by atoms with Gasteiger partial charge in [0, 0.05) is 31.9 Å². The SMILES string of the molecule is CCC(NC(=O)[C@H](CC(C)C)NC(=O)OCc1ccccc1)C(=O)C(=O)NCCc1cccn1C. The molecule has 0 aliphatic heterocycles. The number of ether oxygens (including phenoxy) is 1. The number of ketones is 1. The minimum Gasteiger partial charge on any atom is -0.445 e. The van der Waals surface area contributed by atoms with Gasteiger partial charge in [0.2, 0.25) is 11.7 Å². The van der Waals surface area contributed by atoms with Gasteiger partial charge < -0.3 is 25.3 Å². The summed E-state index contributed by atoms with van der Waals surface area (Å²) in [5.41, 5.74) is 1.85. The third kappa shape index (κ3) is 9.27. The van der Waals surface area contributed by atoms with Crippen LogP contribution >= 0.6 is 0 Å². The molecule has 0 spiro atoms. The van der Waals surface area contributed by atoms with Crippen LogP contribution in [0.15, 0.2) is 48.7 Å². The molecule has 0 radical (unpaired) electrons. The summed E-state index contributed by atoms with van der Waals surface area (Å²) in [6, 6.07) is 11.1. The molecule has 0 bridgehead atoms. The molecule has 3 amide bonds. The lowest BCUT2D eigenvalue weighted by Crippen LogP contribution is -2.54. The van der Waals surface area contributed by atoms with E-state index in [1.54, 1.807) is 6.92 Å². The molecule has 35 heavy (non-hydrogen) atoms. The number of aromatic nitrogens is 1. The van der Waals surface area contributed by atoms with E-state index in [9.17, 15) is 19.2 Å². The minimum atomic E-state index is -0.991. The van der Waals surface area contributed by atoms with E-state index < -0.39 is 35.8 Å². The van der Waals surface area contributed by atoms with Gasteiger partial charge in [0.25, 0.3) is 5.91 Å². The van der Waals surface area contributed by atoms with E-state index >= 15 is 0 Å². The second-order valence-electron chi connectivity index (χ2n) is 8.84. The third-order valence-electron chi connectivity index (χ3n) is 5.51. The molecule has 0 aliphatic carbocycles. The molecule has 1 unspecified atom stereocenters. The highest BCUT2D eigenvalue weighted by molar-refractivity contribution is 6.38. The van der Waals surface area contributed by atoms with Crippen molar-refractivity contribution in [3.8, 4) is 0 Å². The van der Waals surface area contributed by atoms with Gasteiger partial charge in [-0.1, -0.05) is 51.1 Å². The fourth-order valence-electron chi connectivity index (χ4n) is 3.54. The third-order valence-corrected chi connectivity index (χ3v) is 5.51. The number of hydrogen-bond acceptors (Lipinski definition) is 5. The Balaban J connectivity index is 1.90. The van der Waals surface area contributed by atoms with Crippen LogP contribution in [0.5, 0.6) is 0 Å². The van der Waals surface area contributed by atoms with Crippen LogP contribution in [0.25, 0.3) is 0 Å². The molecule has 9 heteroatoms. The Morgan fingerprint density at radius 3 is 2.29 bits per heavy atom. The zero-order valence-electron chi connectivity index (χ0n) is 20.9. The van der Waals surface area contributed by atoms with Crippen LogP contribution in [0.3, 0.4) is 0 Å². The van der Waals surface area contributed by atoms with Crippen LogP contribution in [0.4, 0.5) is 4.79 Å². The molecule has 2 rings (SSSR count). The predicted octanol–water partition coefficient (Wildman–Crippen LogP) is 2.49. The summed E-state index contributed by atoms with van der Waals surface area (Å²) in [7, 11) is 1.91. The van der Waals surface area contributed by atoms with E-state index in [1.165, 1.54) is 0 Å². The highest BCUT2D eigenvalue weighted by atomic mass is 16.5. The van der Waals surface area contributed by atoms with Crippen molar-refractivity contribution in [2.75, 3.05) is 6.54 Å². The summed E-state index contributed by atoms with van der Waals surface area (Å²) in [6.07, 6.45) is 2.34. The van der Waals surface area contributed by atoms with Crippen LogP contribution in [0.2, 0.25) is 0 Å². The Labute approximate surface area is 206 Å². The number of alkyl carbamates (subject to hydrolysis) is 1. The van der Waals surface area contributed by atoms with E-state index in [0.29, 0.717) is 19.4 Å². The molecule has 1 aromatic heterocycles. The summed E-state index contributed by atoms with van der Waals surface area (Å²) in [5.74, 6) is -1.91. The lowest BCUT2D eigenvalue weighted by atomic mass is 10.0. The Morgan fingerprint density at radius 2 is 1.69 bits per heavy atom. The number of hydrogen-bond donors (Lipinski definition) is 3. The fraction of sp³-hybridized carbons (Fsp3) is 0.462. The van der Waals surface area contributed by atoms with Gasteiger partial charge in [-0.3, -0.25) is 14.4 Å². The largest absolute Gasteiger partial charge is 0.445 e. The summed E-state index contributed by atoms with van der Waals surface area (Å²) in [6.45, 7) is 5.91. The number of aryl methyl sites for hydroxylation is 1. The minimum absolute atomic E-state index is 0.0711. The second kappa shape index (κ2) is 13.9. The van der Waals surface area contributed by atoms with E-state index in [0.717, 1.165) is 11.3 Å². The van der Waals surface area contributed by atoms with Crippen LogP contribution in [0, 0.1) is 5.92 Å². The number of carbonyl (C=O) groups is 4. The monoisotopic (exact) mass is 484 g/mol. The standard InChI is InChI=1S/C26H36N4O5/c1-5-21(23(31)25(33)27-14-13-20-12-9-15-30(20)4)28-24(32)22(16-18(2)3)29-26(34)35-17-19-10-7-6-8-11-19/h6-12,15,18,21-22H,5,13-14,16-17H2,1-4H3,(H,27,33)(H,28,32)(H,29,34)/t21?,22-/m0/s1. The van der Waals surface area contributed by atoms with Gasteiger partial charge in [-0.05, 0) is 36.5 Å². The maximum Gasteiger partial charge on any atom is 0.408 e. The van der Waals surface area contributed by atoms with E-state index in [1.807, 2.05) is 74.1 Å². The molecule has 9 nitrogen and oxygen atoms in total. The smallest absolute Gasteiger partial charge is 0.408 e. The van der Waals surface area contributed by atoms with Crippen LogP contribution in [-0.4, -0.2) is 46.9 Å². The van der Waals surface area contributed by atoms with Gasteiger partial charge in [-0.25, -0.2) is 4.79 Å². The molecule has 0 saturated heterocycles. The van der Waals surface area contributed by atoms with E-state index in [-0.39, 0.29) is 18.9 Å². The predicted molar refractivity (Wildman–Crippen MR) is 132 cm³/mol. The molecule has 1 aromatic carbocycles. The van der Waals surface area contributed by atoms with Crippen molar-refractivity contribution >= 4 is 23.7 Å². The highest BCUT2D eigenvalue weighted by Crippen LogP contribution is 2.08. The Bertz CT molecular complexity index is 987. The molecule has 190 valence electrons. The van der Waals surface area contributed by atoms with Crippen molar-refractivity contribution in [2.45, 2.75) is 58.7 Å². The van der Waals surface area contributed by atoms with Crippen molar-refractivity contribution in [1.29, 1.82) is 0 Å². The lowest BCUT2D eigenvalue weighted by Gasteiger charge is -2.23. The first-order valence-corrected chi connectivity index (χ1v) is 11.9. The molecular formula is C26H36N4O5. The molecule has 3 N–H and O–H groups in total. The number of benzene rings is 1. The van der Waals surface area contributed by atoms with Crippen molar-refractivity contribution < 1.29 is 23.9 Å². The van der Waals surface area contributed by atoms with Gasteiger partial charge >= 0.3 is 6.09 Å². The number of amides is 3. The van der Waals surface area contributed by atoms with E-state index in [4.69, 9.17) is 4.74 Å². The number of rotatable bonds is 13. The molecule has 0 saturated carbocycles. The van der Waals surface area contributed by atoms with Crippen molar-refractivity contribution in [2.24, 2.45) is 13.0 Å². The average molecular weight is 485 g/mol. The summed E-state index contributed by atoms with van der Waals surface area (Å²) >= 11 is 0. The van der Waals surface area contributed by atoms with Gasteiger partial charge in [0.05, 0.1) is 6.04 Å². The normalized spacial score (nSPS) is 12.5. The fourth-order valence-corrected chi connectivity index (χ4v) is 3.54. The summed E-state index contributed by atoms with van der Waals surface area (Å²) < 4.78 is 7.17. The molecule has 2 aromatic rings. The first-order chi connectivity index (χ1) is 16.7. The van der Waals surface area contributed by atoms with Crippen LogP contribution < -0.4 is 16.0 Å². The summed E-state index contributed by atoms with van der Waals surface area (Å²) in [5, 5.41) is 7.82. The molecular weight excluding hydrogens is 448 g/mol. The zero-order chi connectivity index (χ0) is 25.8. The van der Waals surface area contributed by atoms with E-state index in [2.05, 4.69) is 16.0 Å². The Hall–Kier alpha value is -3.62. The van der Waals surface area contributed by atoms with Gasteiger partial charge in [-0.15, -0.1) is 0 Å². The summed E-state index contributed by atoms with van der Waals surface area (Å²) in [4.78, 5) is 50.3. The van der Waals surface area contributed by atoms with Crippen LogP contribution in [0.1, 0.15) is 44.9 Å². The highest BCUT2D eigenvalue weighted by Gasteiger charge is 2.29. The van der Waals surface area contributed by atoms with Gasteiger partial charge in [0.15, 0.2) is 0 Å². The first-order valence-electron chi connectivity index (χ1n) is 11.9. The number of nitrogens with zero attached hydrogens (tertiary/aromatic N) is 1. The molecule has 1 heterocycles. The van der Waals surface area contributed by atoms with Crippen molar-refractivity contribution in [1.82, 2.24) is 20.5 Å². The van der Waals surface area contributed by atoms with Gasteiger partial charge in [-0.2, -0.15) is 0 Å². The number of Topliss-reactive ketones (excluding diaryl/α,β-unsaturated/α-hetero) is 1. The quantitative estimate of drug-likeness (QED) is 0.378. The maximum absolute atomic E-state index is 12.9. The first kappa shape index (κ1) is 27.6. The lowest BCUT2D eigenvalue weighted by molar-refractivity contribution is -0.140. The van der Waals surface area contributed by atoms with Crippen molar-refractivity contribution in [3.05, 3.63) is 59.9 Å². The Morgan fingerprint density at radius 1 is 0.971 bits per heavy atom. The maximum atomic E-state index is 12.9. The Kier molecular flexibility index (Phi) is 11.0.